The molecule has 0 saturated carbocycles. The normalized spacial score (nSPS) is 20.1. The molecule has 2 atom stereocenters. The van der Waals surface area contributed by atoms with Gasteiger partial charge in [-0.25, -0.2) is 0 Å². The minimum atomic E-state index is -5.14. The third kappa shape index (κ3) is 4.26. The zero-order valence-electron chi connectivity index (χ0n) is 15.9. The van der Waals surface area contributed by atoms with Crippen LogP contribution in [0.1, 0.15) is 24.5 Å². The number of rotatable bonds is 4. The van der Waals surface area contributed by atoms with Gasteiger partial charge in [-0.15, -0.1) is 0 Å². The second kappa shape index (κ2) is 8.09. The SMILES string of the molecule is Cc1ccc(C2=NN(C(=O)C(C)Oc3ccc(Cl)cc3Cl)C(O)(C(F)(F)F)C2)cc1. The predicted octanol–water partition coefficient (Wildman–Crippen LogP) is 4.96. The van der Waals surface area contributed by atoms with Crippen LogP contribution in [0.4, 0.5) is 13.2 Å². The minimum absolute atomic E-state index is 0.0384. The highest BCUT2D eigenvalue weighted by Crippen LogP contribution is 2.42. The molecule has 2 unspecified atom stereocenters. The Hall–Kier alpha value is -2.29. The van der Waals surface area contributed by atoms with Gasteiger partial charge in [0.15, 0.2) is 6.10 Å². The number of aliphatic hydroxyl groups is 1. The molecule has 2 aromatic rings. The van der Waals surface area contributed by atoms with Crippen LogP contribution < -0.4 is 4.74 Å². The molecule has 10 heteroatoms. The van der Waals surface area contributed by atoms with Crippen LogP contribution in [0.15, 0.2) is 47.6 Å². The number of alkyl halides is 3. The van der Waals surface area contributed by atoms with E-state index in [-0.39, 0.29) is 21.5 Å². The van der Waals surface area contributed by atoms with Crippen molar-refractivity contribution in [2.75, 3.05) is 0 Å². The van der Waals surface area contributed by atoms with Gasteiger partial charge in [0.25, 0.3) is 11.6 Å². The second-order valence-corrected chi connectivity index (χ2v) is 7.73. The number of hydrogen-bond donors (Lipinski definition) is 1. The summed E-state index contributed by atoms with van der Waals surface area (Å²) < 4.78 is 46.5. The van der Waals surface area contributed by atoms with Crippen molar-refractivity contribution in [3.05, 3.63) is 63.6 Å². The van der Waals surface area contributed by atoms with Crippen molar-refractivity contribution in [3.63, 3.8) is 0 Å². The van der Waals surface area contributed by atoms with Gasteiger partial charge < -0.3 is 9.84 Å². The van der Waals surface area contributed by atoms with Crippen LogP contribution in [-0.4, -0.2) is 39.7 Å². The molecule has 0 bridgehead atoms. The van der Waals surface area contributed by atoms with Gasteiger partial charge in [0.2, 0.25) is 0 Å². The van der Waals surface area contributed by atoms with E-state index >= 15 is 0 Å². The number of amides is 1. The molecule has 0 aromatic heterocycles. The molecule has 0 saturated heterocycles. The van der Waals surface area contributed by atoms with E-state index in [4.69, 9.17) is 27.9 Å². The number of aryl methyl sites for hydroxylation is 1. The summed E-state index contributed by atoms with van der Waals surface area (Å²) >= 11 is 11.8. The van der Waals surface area contributed by atoms with Crippen molar-refractivity contribution < 1.29 is 27.8 Å². The summed E-state index contributed by atoms with van der Waals surface area (Å²) in [5, 5.41) is 14.7. The Morgan fingerprint density at radius 1 is 1.23 bits per heavy atom. The largest absolute Gasteiger partial charge is 0.479 e. The van der Waals surface area contributed by atoms with Gasteiger partial charge in [0, 0.05) is 5.02 Å². The van der Waals surface area contributed by atoms with Crippen LogP contribution in [0.2, 0.25) is 10.0 Å². The Balaban J connectivity index is 1.92. The number of hydrazone groups is 1. The van der Waals surface area contributed by atoms with Gasteiger partial charge >= 0.3 is 6.18 Å². The molecule has 3 rings (SSSR count). The van der Waals surface area contributed by atoms with E-state index in [0.29, 0.717) is 10.6 Å². The monoisotopic (exact) mass is 460 g/mol. The summed E-state index contributed by atoms with van der Waals surface area (Å²) in [4.78, 5) is 12.8. The van der Waals surface area contributed by atoms with E-state index in [1.807, 2.05) is 6.92 Å². The Bertz CT molecular complexity index is 996. The fourth-order valence-electron chi connectivity index (χ4n) is 2.89. The lowest BCUT2D eigenvalue weighted by Gasteiger charge is -2.33. The number of hydrogen-bond acceptors (Lipinski definition) is 4. The Kier molecular flexibility index (Phi) is 6.04. The van der Waals surface area contributed by atoms with E-state index in [1.54, 1.807) is 24.3 Å². The highest BCUT2D eigenvalue weighted by Gasteiger charge is 2.63. The van der Waals surface area contributed by atoms with E-state index in [2.05, 4.69) is 5.10 Å². The molecular formula is C20H17Cl2F3N2O3. The molecule has 1 amide bonds. The van der Waals surface area contributed by atoms with E-state index in [1.165, 1.54) is 25.1 Å². The molecule has 1 aliphatic heterocycles. The summed E-state index contributed by atoms with van der Waals surface area (Å²) in [6, 6.07) is 10.8. The quantitative estimate of drug-likeness (QED) is 0.701. The summed E-state index contributed by atoms with van der Waals surface area (Å²) in [7, 11) is 0. The van der Waals surface area contributed by atoms with Crippen molar-refractivity contribution in [2.24, 2.45) is 5.10 Å². The van der Waals surface area contributed by atoms with Gasteiger partial charge in [-0.1, -0.05) is 53.0 Å². The lowest BCUT2D eigenvalue weighted by atomic mass is 10.00. The molecule has 1 aliphatic rings. The predicted molar refractivity (Wildman–Crippen MR) is 107 cm³/mol. The number of halogens is 5. The molecule has 0 fully saturated rings. The summed E-state index contributed by atoms with van der Waals surface area (Å²) in [5.74, 6) is -1.12. The van der Waals surface area contributed by atoms with E-state index in [0.717, 1.165) is 5.56 Å². The van der Waals surface area contributed by atoms with Crippen LogP contribution in [0, 0.1) is 6.92 Å². The molecule has 0 aliphatic carbocycles. The number of carbonyl (C=O) groups is 1. The van der Waals surface area contributed by atoms with Gasteiger partial charge in [-0.3, -0.25) is 4.79 Å². The van der Waals surface area contributed by atoms with E-state index in [9.17, 15) is 23.1 Å². The molecule has 0 radical (unpaired) electrons. The minimum Gasteiger partial charge on any atom is -0.479 e. The fraction of sp³-hybridized carbons (Fsp3) is 0.300. The average molecular weight is 461 g/mol. The van der Waals surface area contributed by atoms with Crippen molar-refractivity contribution in [3.8, 4) is 5.75 Å². The first-order chi connectivity index (χ1) is 13.9. The van der Waals surface area contributed by atoms with Gasteiger partial charge in [-0.05, 0) is 37.6 Å². The fourth-order valence-corrected chi connectivity index (χ4v) is 3.34. The maximum atomic E-state index is 13.7. The highest BCUT2D eigenvalue weighted by atomic mass is 35.5. The zero-order chi connectivity index (χ0) is 22.3. The van der Waals surface area contributed by atoms with Crippen LogP contribution in [0.5, 0.6) is 5.75 Å². The molecule has 1 N–H and O–H groups in total. The lowest BCUT2D eigenvalue weighted by molar-refractivity contribution is -0.303. The van der Waals surface area contributed by atoms with Crippen molar-refractivity contribution in [1.29, 1.82) is 0 Å². The maximum absolute atomic E-state index is 13.7. The van der Waals surface area contributed by atoms with Crippen molar-refractivity contribution >= 4 is 34.8 Å². The smallest absolute Gasteiger partial charge is 0.438 e. The average Bonchev–Trinajstić information content (AvgIpc) is 3.02. The van der Waals surface area contributed by atoms with Crippen LogP contribution in [0.3, 0.4) is 0 Å². The highest BCUT2D eigenvalue weighted by molar-refractivity contribution is 6.35. The molecule has 30 heavy (non-hydrogen) atoms. The van der Waals surface area contributed by atoms with Crippen molar-refractivity contribution in [1.82, 2.24) is 5.01 Å². The summed E-state index contributed by atoms with van der Waals surface area (Å²) in [5.41, 5.74) is -2.29. The third-order valence-electron chi connectivity index (χ3n) is 4.58. The number of ether oxygens (including phenoxy) is 1. The lowest BCUT2D eigenvalue weighted by Crippen LogP contribution is -2.58. The number of benzene rings is 2. The summed E-state index contributed by atoms with van der Waals surface area (Å²) in [6.07, 6.45) is -7.46. The number of nitrogens with zero attached hydrogens (tertiary/aromatic N) is 2. The molecule has 2 aromatic carbocycles. The Morgan fingerprint density at radius 3 is 2.43 bits per heavy atom. The molecular weight excluding hydrogens is 444 g/mol. The third-order valence-corrected chi connectivity index (χ3v) is 5.11. The Labute approximate surface area is 180 Å². The topological polar surface area (TPSA) is 62.1 Å². The first-order valence-corrected chi connectivity index (χ1v) is 9.57. The number of carbonyl (C=O) groups excluding carboxylic acids is 1. The first kappa shape index (κ1) is 22.4. The van der Waals surface area contributed by atoms with E-state index < -0.39 is 30.3 Å². The Morgan fingerprint density at radius 2 is 1.87 bits per heavy atom. The molecule has 5 nitrogen and oxygen atoms in total. The van der Waals surface area contributed by atoms with Gasteiger partial charge in [-0.2, -0.15) is 23.3 Å². The molecule has 1 heterocycles. The molecule has 160 valence electrons. The van der Waals surface area contributed by atoms with Crippen LogP contribution in [0.25, 0.3) is 0 Å². The molecule has 0 spiro atoms. The summed E-state index contributed by atoms with van der Waals surface area (Å²) in [6.45, 7) is 3.06. The zero-order valence-corrected chi connectivity index (χ0v) is 17.4. The maximum Gasteiger partial charge on any atom is 0.438 e. The van der Waals surface area contributed by atoms with Crippen LogP contribution in [-0.2, 0) is 4.79 Å². The second-order valence-electron chi connectivity index (χ2n) is 6.89. The van der Waals surface area contributed by atoms with Gasteiger partial charge in [0.05, 0.1) is 17.2 Å². The standard InChI is InChI=1S/C20H17Cl2F3N2O3/c1-11-3-5-13(6-4-11)16-10-19(29,20(23,24)25)27(26-16)18(28)12(2)30-17-8-7-14(21)9-15(17)22/h3-9,12,29H,10H2,1-2H3. The first-order valence-electron chi connectivity index (χ1n) is 8.82. The van der Waals surface area contributed by atoms with Gasteiger partial charge in [0.1, 0.15) is 5.75 Å². The van der Waals surface area contributed by atoms with Crippen LogP contribution >= 0.6 is 23.2 Å². The van der Waals surface area contributed by atoms with Crippen molar-refractivity contribution in [2.45, 2.75) is 38.3 Å².